The molecule has 0 aliphatic rings. The Morgan fingerprint density at radius 1 is 1.35 bits per heavy atom. The molecule has 17 heavy (non-hydrogen) atoms. The highest BCUT2D eigenvalue weighted by atomic mass is 16.4. The van der Waals surface area contributed by atoms with Crippen molar-refractivity contribution in [1.29, 1.82) is 0 Å². The number of imidazole rings is 1. The van der Waals surface area contributed by atoms with Gasteiger partial charge in [0.1, 0.15) is 0 Å². The fourth-order valence-electron chi connectivity index (χ4n) is 1.81. The van der Waals surface area contributed by atoms with Crippen LogP contribution in [-0.2, 0) is 10.3 Å². The summed E-state index contributed by atoms with van der Waals surface area (Å²) in [6.07, 6.45) is 3.29. The molecule has 0 fully saturated rings. The number of hydrogen-bond acceptors (Lipinski definition) is 2. The van der Waals surface area contributed by atoms with Crippen molar-refractivity contribution in [2.45, 2.75) is 19.4 Å². The molecule has 0 bridgehead atoms. The monoisotopic (exact) mass is 230 g/mol. The van der Waals surface area contributed by atoms with Gasteiger partial charge in [0.25, 0.3) is 0 Å². The van der Waals surface area contributed by atoms with E-state index in [1.165, 1.54) is 0 Å². The summed E-state index contributed by atoms with van der Waals surface area (Å²) >= 11 is 0. The van der Waals surface area contributed by atoms with Crippen molar-refractivity contribution in [3.8, 4) is 0 Å². The number of benzene rings is 1. The summed E-state index contributed by atoms with van der Waals surface area (Å²) in [6, 6.07) is 9.15. The van der Waals surface area contributed by atoms with Gasteiger partial charge < -0.3 is 9.67 Å². The first-order valence-corrected chi connectivity index (χ1v) is 5.35. The van der Waals surface area contributed by atoms with Crippen LogP contribution in [0.1, 0.15) is 18.2 Å². The number of carboxylic acid groups (broad SMARTS) is 1. The van der Waals surface area contributed by atoms with Gasteiger partial charge in [0.05, 0.1) is 12.0 Å². The maximum Gasteiger partial charge on any atom is 0.334 e. The van der Waals surface area contributed by atoms with Gasteiger partial charge in [-0.2, -0.15) is 0 Å². The van der Waals surface area contributed by atoms with Crippen molar-refractivity contribution < 1.29 is 9.90 Å². The van der Waals surface area contributed by atoms with E-state index >= 15 is 0 Å². The summed E-state index contributed by atoms with van der Waals surface area (Å²) in [6.45, 7) is 3.51. The molecule has 0 spiro atoms. The number of carbonyl (C=O) groups is 1. The topological polar surface area (TPSA) is 55.1 Å². The number of carboxylic acids is 1. The molecule has 0 saturated heterocycles. The van der Waals surface area contributed by atoms with Gasteiger partial charge in [-0.15, -0.1) is 0 Å². The van der Waals surface area contributed by atoms with Gasteiger partial charge in [0.2, 0.25) is 0 Å². The van der Waals surface area contributed by atoms with E-state index in [-0.39, 0.29) is 0 Å². The van der Waals surface area contributed by atoms with Crippen molar-refractivity contribution in [2.75, 3.05) is 0 Å². The molecule has 0 amide bonds. The molecule has 88 valence electrons. The predicted molar refractivity (Wildman–Crippen MR) is 63.8 cm³/mol. The second-order valence-electron chi connectivity index (χ2n) is 4.17. The molecule has 0 saturated carbocycles. The molecule has 0 radical (unpaired) electrons. The fourth-order valence-corrected chi connectivity index (χ4v) is 1.81. The Balaban J connectivity index is 2.58. The van der Waals surface area contributed by atoms with Gasteiger partial charge in [-0.25, -0.2) is 9.78 Å². The quantitative estimate of drug-likeness (QED) is 0.877. The average Bonchev–Trinajstić information content (AvgIpc) is 2.76. The van der Waals surface area contributed by atoms with Crippen LogP contribution >= 0.6 is 0 Å². The second-order valence-corrected chi connectivity index (χ2v) is 4.17. The highest BCUT2D eigenvalue weighted by molar-refractivity contribution is 5.80. The molecule has 0 aliphatic heterocycles. The van der Waals surface area contributed by atoms with E-state index in [1.807, 2.05) is 37.3 Å². The van der Waals surface area contributed by atoms with Crippen LogP contribution in [0.2, 0.25) is 0 Å². The minimum Gasteiger partial charge on any atom is -0.479 e. The lowest BCUT2D eigenvalue weighted by Gasteiger charge is -2.26. The van der Waals surface area contributed by atoms with Crippen molar-refractivity contribution in [3.63, 3.8) is 0 Å². The van der Waals surface area contributed by atoms with Gasteiger partial charge in [-0.05, 0) is 19.4 Å². The summed E-state index contributed by atoms with van der Waals surface area (Å²) in [4.78, 5) is 15.7. The third kappa shape index (κ3) is 1.82. The largest absolute Gasteiger partial charge is 0.479 e. The molecule has 1 heterocycles. The van der Waals surface area contributed by atoms with Gasteiger partial charge in [0, 0.05) is 6.20 Å². The Kier molecular flexibility index (Phi) is 2.71. The van der Waals surface area contributed by atoms with Crippen LogP contribution in [0.15, 0.2) is 42.9 Å². The zero-order chi connectivity index (χ0) is 12.5. The van der Waals surface area contributed by atoms with Crippen molar-refractivity contribution in [1.82, 2.24) is 9.55 Å². The Labute approximate surface area is 99.5 Å². The standard InChI is InChI=1S/C13H14N2O2/c1-10-8-15(9-14-10)13(2,12(16)17)11-6-4-3-5-7-11/h3-9H,1-2H3,(H,16,17). The molecule has 4 nitrogen and oxygen atoms in total. The maximum absolute atomic E-state index is 11.6. The number of aliphatic carboxylic acids is 1. The van der Waals surface area contributed by atoms with Crippen LogP contribution in [0.4, 0.5) is 0 Å². The summed E-state index contributed by atoms with van der Waals surface area (Å²) in [5.41, 5.74) is 0.404. The van der Waals surface area contributed by atoms with Gasteiger partial charge >= 0.3 is 5.97 Å². The number of rotatable bonds is 3. The molecule has 2 rings (SSSR count). The highest BCUT2D eigenvalue weighted by Gasteiger charge is 2.36. The number of aromatic nitrogens is 2. The van der Waals surface area contributed by atoms with Crippen LogP contribution < -0.4 is 0 Å². The Morgan fingerprint density at radius 2 is 2.00 bits per heavy atom. The predicted octanol–water partition coefficient (Wildman–Crippen LogP) is 2.04. The molecule has 1 aromatic heterocycles. The third-order valence-electron chi connectivity index (χ3n) is 2.98. The first kappa shape index (κ1) is 11.4. The summed E-state index contributed by atoms with van der Waals surface area (Å²) in [7, 11) is 0. The van der Waals surface area contributed by atoms with Gasteiger partial charge in [-0.3, -0.25) is 0 Å². The molecule has 1 aromatic carbocycles. The average molecular weight is 230 g/mol. The summed E-state index contributed by atoms with van der Waals surface area (Å²) < 4.78 is 1.62. The Bertz CT molecular complexity index is 533. The van der Waals surface area contributed by atoms with Crippen molar-refractivity contribution in [2.24, 2.45) is 0 Å². The normalized spacial score (nSPS) is 14.2. The Morgan fingerprint density at radius 3 is 2.47 bits per heavy atom. The van der Waals surface area contributed by atoms with Crippen LogP contribution in [0.5, 0.6) is 0 Å². The van der Waals surface area contributed by atoms with Crippen LogP contribution in [0.3, 0.4) is 0 Å². The summed E-state index contributed by atoms with van der Waals surface area (Å²) in [5, 5.41) is 9.50. The van der Waals surface area contributed by atoms with E-state index in [2.05, 4.69) is 4.98 Å². The lowest BCUT2D eigenvalue weighted by Crippen LogP contribution is -2.39. The minimum atomic E-state index is -1.12. The molecular weight excluding hydrogens is 216 g/mol. The molecule has 0 aliphatic carbocycles. The van der Waals surface area contributed by atoms with E-state index in [0.29, 0.717) is 0 Å². The van der Waals surface area contributed by atoms with E-state index in [1.54, 1.807) is 24.0 Å². The lowest BCUT2D eigenvalue weighted by atomic mass is 9.92. The van der Waals surface area contributed by atoms with Crippen LogP contribution in [0.25, 0.3) is 0 Å². The van der Waals surface area contributed by atoms with Gasteiger partial charge in [0.15, 0.2) is 5.54 Å². The molecule has 1 atom stereocenters. The zero-order valence-corrected chi connectivity index (χ0v) is 9.79. The van der Waals surface area contributed by atoms with E-state index < -0.39 is 11.5 Å². The van der Waals surface area contributed by atoms with E-state index in [4.69, 9.17) is 0 Å². The molecule has 4 heteroatoms. The van der Waals surface area contributed by atoms with Crippen LogP contribution in [0, 0.1) is 6.92 Å². The lowest BCUT2D eigenvalue weighted by molar-refractivity contribution is -0.144. The van der Waals surface area contributed by atoms with E-state index in [9.17, 15) is 9.90 Å². The molecule has 2 aromatic rings. The van der Waals surface area contributed by atoms with Crippen molar-refractivity contribution in [3.05, 3.63) is 54.1 Å². The van der Waals surface area contributed by atoms with E-state index in [0.717, 1.165) is 11.3 Å². The first-order valence-electron chi connectivity index (χ1n) is 5.35. The smallest absolute Gasteiger partial charge is 0.334 e. The first-order chi connectivity index (χ1) is 8.05. The molecule has 1 unspecified atom stereocenters. The third-order valence-corrected chi connectivity index (χ3v) is 2.98. The SMILES string of the molecule is Cc1cn(C(C)(C(=O)O)c2ccccc2)cn1. The van der Waals surface area contributed by atoms with Crippen LogP contribution in [-0.4, -0.2) is 20.6 Å². The zero-order valence-electron chi connectivity index (χ0n) is 9.79. The fraction of sp³-hybridized carbons (Fsp3) is 0.231. The molecular formula is C13H14N2O2. The molecule has 1 N–H and O–H groups in total. The highest BCUT2D eigenvalue weighted by Crippen LogP contribution is 2.26. The second kappa shape index (κ2) is 4.05. The number of aryl methyl sites for hydroxylation is 1. The maximum atomic E-state index is 11.6. The Hall–Kier alpha value is -2.10. The minimum absolute atomic E-state index is 0.727. The summed E-state index contributed by atoms with van der Waals surface area (Å²) in [5.74, 6) is -0.902. The number of nitrogens with zero attached hydrogens (tertiary/aromatic N) is 2. The van der Waals surface area contributed by atoms with Gasteiger partial charge in [-0.1, -0.05) is 30.3 Å². The van der Waals surface area contributed by atoms with Crippen molar-refractivity contribution >= 4 is 5.97 Å². The number of hydrogen-bond donors (Lipinski definition) is 1.